The van der Waals surface area contributed by atoms with Crippen LogP contribution in [0.15, 0.2) is 103 Å². The fourth-order valence-corrected chi connectivity index (χ4v) is 5.96. The number of nitrogens with zero attached hydrogens (tertiary/aromatic N) is 1. The Morgan fingerprint density at radius 2 is 1.31 bits per heavy atom. The third-order valence-electron chi connectivity index (χ3n) is 7.81. The van der Waals surface area contributed by atoms with E-state index in [1.54, 1.807) is 0 Å². The summed E-state index contributed by atoms with van der Waals surface area (Å²) in [5.41, 5.74) is 12.0. The largest absolute Gasteiger partial charge is 0.337 e. The average molecular weight is 454 g/mol. The SMILES string of the molecule is Cc1ccccc1N(Cc1cccc2cccc(C)c12)c1ccc2c(c1)C(C)(C)c1ccccc1-2. The van der Waals surface area contributed by atoms with E-state index in [0.29, 0.717) is 0 Å². The third-order valence-corrected chi connectivity index (χ3v) is 7.81. The molecular weight excluding hydrogens is 422 g/mol. The molecule has 1 aliphatic carbocycles. The Kier molecular flexibility index (Phi) is 5.04. The first kappa shape index (κ1) is 21.7. The van der Waals surface area contributed by atoms with Crippen molar-refractivity contribution in [2.45, 2.75) is 39.7 Å². The minimum Gasteiger partial charge on any atom is -0.337 e. The zero-order valence-electron chi connectivity index (χ0n) is 21.0. The molecule has 0 bridgehead atoms. The van der Waals surface area contributed by atoms with Crippen molar-refractivity contribution in [2.75, 3.05) is 4.90 Å². The maximum Gasteiger partial charge on any atom is 0.0488 e. The summed E-state index contributed by atoms with van der Waals surface area (Å²) in [4.78, 5) is 2.50. The van der Waals surface area contributed by atoms with Crippen molar-refractivity contribution in [3.63, 3.8) is 0 Å². The lowest BCUT2D eigenvalue weighted by Crippen LogP contribution is -2.20. The van der Waals surface area contributed by atoms with E-state index in [4.69, 9.17) is 0 Å². The fourth-order valence-electron chi connectivity index (χ4n) is 5.96. The molecule has 1 nitrogen and oxygen atoms in total. The Hall–Kier alpha value is -3.84. The molecule has 5 aromatic carbocycles. The second kappa shape index (κ2) is 8.13. The minimum atomic E-state index is -0.0185. The van der Waals surface area contributed by atoms with Gasteiger partial charge in [0, 0.05) is 23.3 Å². The Balaban J connectivity index is 1.53. The standard InChI is InChI=1S/C34H31N/c1-23-11-5-8-18-32(23)35(22-26-15-10-14-25-13-9-12-24(2)33(25)26)27-19-20-29-28-16-6-7-17-30(28)34(3,4)31(29)21-27/h5-21H,22H2,1-4H3. The van der Waals surface area contributed by atoms with Crippen molar-refractivity contribution in [3.05, 3.63) is 131 Å². The highest BCUT2D eigenvalue weighted by Gasteiger charge is 2.35. The summed E-state index contributed by atoms with van der Waals surface area (Å²) in [5.74, 6) is 0. The zero-order chi connectivity index (χ0) is 24.2. The lowest BCUT2D eigenvalue weighted by Gasteiger charge is -2.29. The van der Waals surface area contributed by atoms with E-state index in [9.17, 15) is 0 Å². The van der Waals surface area contributed by atoms with Gasteiger partial charge in [0.1, 0.15) is 0 Å². The molecule has 0 saturated heterocycles. The van der Waals surface area contributed by atoms with Crippen LogP contribution in [0.3, 0.4) is 0 Å². The highest BCUT2D eigenvalue weighted by atomic mass is 15.1. The molecule has 5 aromatic rings. The van der Waals surface area contributed by atoms with Crippen LogP contribution in [0.1, 0.15) is 41.7 Å². The maximum absolute atomic E-state index is 2.50. The lowest BCUT2D eigenvalue weighted by molar-refractivity contribution is 0.660. The highest BCUT2D eigenvalue weighted by Crippen LogP contribution is 2.50. The monoisotopic (exact) mass is 453 g/mol. The van der Waals surface area contributed by atoms with Crippen molar-refractivity contribution in [2.24, 2.45) is 0 Å². The molecule has 0 radical (unpaired) electrons. The Morgan fingerprint density at radius 1 is 0.629 bits per heavy atom. The first-order valence-electron chi connectivity index (χ1n) is 12.5. The van der Waals surface area contributed by atoms with Gasteiger partial charge in [-0.2, -0.15) is 0 Å². The summed E-state index contributed by atoms with van der Waals surface area (Å²) in [6.07, 6.45) is 0. The van der Waals surface area contributed by atoms with Crippen molar-refractivity contribution in [3.8, 4) is 11.1 Å². The van der Waals surface area contributed by atoms with E-state index in [2.05, 4.69) is 136 Å². The Labute approximate surface area is 208 Å². The number of aryl methyl sites for hydroxylation is 2. The van der Waals surface area contributed by atoms with Crippen LogP contribution in [-0.2, 0) is 12.0 Å². The maximum atomic E-state index is 2.50. The molecule has 0 N–H and O–H groups in total. The van der Waals surface area contributed by atoms with E-state index in [1.165, 1.54) is 61.1 Å². The smallest absolute Gasteiger partial charge is 0.0488 e. The van der Waals surface area contributed by atoms with E-state index in [-0.39, 0.29) is 5.41 Å². The molecule has 172 valence electrons. The van der Waals surface area contributed by atoms with Gasteiger partial charge in [-0.15, -0.1) is 0 Å². The van der Waals surface area contributed by atoms with Crippen LogP contribution < -0.4 is 4.90 Å². The predicted molar refractivity (Wildman–Crippen MR) is 150 cm³/mol. The lowest BCUT2D eigenvalue weighted by atomic mass is 9.82. The molecule has 0 fully saturated rings. The van der Waals surface area contributed by atoms with Gasteiger partial charge in [-0.1, -0.05) is 98.8 Å². The molecule has 0 spiro atoms. The normalized spacial score (nSPS) is 13.5. The van der Waals surface area contributed by atoms with Crippen LogP contribution in [0.4, 0.5) is 11.4 Å². The van der Waals surface area contributed by atoms with E-state index in [0.717, 1.165) is 6.54 Å². The first-order valence-corrected chi connectivity index (χ1v) is 12.5. The molecule has 0 saturated carbocycles. The molecule has 0 atom stereocenters. The predicted octanol–water partition coefficient (Wildman–Crippen LogP) is 9.10. The number of hydrogen-bond donors (Lipinski definition) is 0. The van der Waals surface area contributed by atoms with Gasteiger partial charge in [0.15, 0.2) is 0 Å². The van der Waals surface area contributed by atoms with Gasteiger partial charge in [0.05, 0.1) is 0 Å². The summed E-state index contributed by atoms with van der Waals surface area (Å²) < 4.78 is 0. The molecule has 1 aliphatic rings. The molecule has 0 aliphatic heterocycles. The van der Waals surface area contributed by atoms with Gasteiger partial charge in [0.25, 0.3) is 0 Å². The van der Waals surface area contributed by atoms with Crippen LogP contribution in [0.5, 0.6) is 0 Å². The molecule has 35 heavy (non-hydrogen) atoms. The van der Waals surface area contributed by atoms with Crippen LogP contribution in [0, 0.1) is 13.8 Å². The first-order chi connectivity index (χ1) is 16.9. The van der Waals surface area contributed by atoms with E-state index >= 15 is 0 Å². The van der Waals surface area contributed by atoms with Crippen LogP contribution in [0.2, 0.25) is 0 Å². The van der Waals surface area contributed by atoms with E-state index < -0.39 is 0 Å². The van der Waals surface area contributed by atoms with Crippen molar-refractivity contribution >= 4 is 22.1 Å². The van der Waals surface area contributed by atoms with Gasteiger partial charge >= 0.3 is 0 Å². The van der Waals surface area contributed by atoms with E-state index in [1.807, 2.05) is 0 Å². The summed E-state index contributed by atoms with van der Waals surface area (Å²) in [7, 11) is 0. The van der Waals surface area contributed by atoms with Crippen molar-refractivity contribution in [1.29, 1.82) is 0 Å². The Bertz CT molecular complexity index is 1570. The van der Waals surface area contributed by atoms with Crippen molar-refractivity contribution < 1.29 is 0 Å². The zero-order valence-corrected chi connectivity index (χ0v) is 21.0. The number of para-hydroxylation sites is 1. The topological polar surface area (TPSA) is 3.24 Å². The van der Waals surface area contributed by atoms with Crippen LogP contribution in [0.25, 0.3) is 21.9 Å². The van der Waals surface area contributed by atoms with Gasteiger partial charge < -0.3 is 4.90 Å². The van der Waals surface area contributed by atoms with Crippen LogP contribution in [-0.4, -0.2) is 0 Å². The van der Waals surface area contributed by atoms with Gasteiger partial charge in [0.2, 0.25) is 0 Å². The highest BCUT2D eigenvalue weighted by molar-refractivity contribution is 5.89. The minimum absolute atomic E-state index is 0.0185. The molecule has 0 heterocycles. The number of rotatable bonds is 4. The summed E-state index contributed by atoms with van der Waals surface area (Å²) in [6.45, 7) is 9.96. The van der Waals surface area contributed by atoms with Gasteiger partial charge in [-0.3, -0.25) is 0 Å². The van der Waals surface area contributed by atoms with Crippen LogP contribution >= 0.6 is 0 Å². The van der Waals surface area contributed by atoms with Gasteiger partial charge in [-0.25, -0.2) is 0 Å². The number of fused-ring (bicyclic) bond motifs is 4. The average Bonchev–Trinajstić information content (AvgIpc) is 3.10. The van der Waals surface area contributed by atoms with Crippen molar-refractivity contribution in [1.82, 2.24) is 0 Å². The molecule has 0 amide bonds. The molecule has 0 aromatic heterocycles. The fraction of sp³-hybridized carbons (Fsp3) is 0.176. The molecule has 6 rings (SSSR count). The second-order valence-electron chi connectivity index (χ2n) is 10.4. The number of benzene rings is 5. The van der Waals surface area contributed by atoms with Gasteiger partial charge in [-0.05, 0) is 81.8 Å². The molecule has 1 heteroatoms. The number of anilines is 2. The number of hydrogen-bond acceptors (Lipinski definition) is 1. The molecular formula is C34H31N. The second-order valence-corrected chi connectivity index (χ2v) is 10.4. The summed E-state index contributed by atoms with van der Waals surface area (Å²) in [6, 6.07) is 38.0. The quantitative estimate of drug-likeness (QED) is 0.262. The third kappa shape index (κ3) is 3.46. The molecule has 0 unspecified atom stereocenters. The Morgan fingerprint density at radius 3 is 2.14 bits per heavy atom. The summed E-state index contributed by atoms with van der Waals surface area (Å²) in [5, 5.41) is 2.67. The summed E-state index contributed by atoms with van der Waals surface area (Å²) >= 11 is 0.